The number of hydrogen-bond acceptors (Lipinski definition) is 3. The Morgan fingerprint density at radius 2 is 2.27 bits per heavy atom. The number of ether oxygens (including phenoxy) is 1. The maximum absolute atomic E-state index is 9.43. The van der Waals surface area contributed by atoms with Gasteiger partial charge in [0.05, 0.1) is 6.61 Å². The van der Waals surface area contributed by atoms with E-state index in [0.717, 1.165) is 0 Å². The Labute approximate surface area is 68.1 Å². The zero-order chi connectivity index (χ0) is 8.91. The quantitative estimate of drug-likeness (QED) is 0.461. The van der Waals surface area contributed by atoms with Crippen molar-refractivity contribution >= 4 is 0 Å². The van der Waals surface area contributed by atoms with Crippen molar-refractivity contribution in [1.29, 1.82) is 0 Å². The molecular formula is C8H17NO2. The molecule has 0 aromatic heterocycles. The fourth-order valence-electron chi connectivity index (χ4n) is 0.798. The van der Waals surface area contributed by atoms with Gasteiger partial charge < -0.3 is 9.84 Å². The molecule has 0 aromatic rings. The van der Waals surface area contributed by atoms with Crippen LogP contribution in [0.4, 0.5) is 0 Å². The van der Waals surface area contributed by atoms with Crippen molar-refractivity contribution in [3.63, 3.8) is 0 Å². The number of nitrogens with one attached hydrogen (secondary N) is 1. The van der Waals surface area contributed by atoms with Crippen LogP contribution in [0.1, 0.15) is 20.8 Å². The Balaban J connectivity index is 3.69. The fraction of sp³-hybridized carbons (Fsp3) is 0.750. The molecule has 11 heavy (non-hydrogen) atoms. The Bertz CT molecular complexity index is 121. The van der Waals surface area contributed by atoms with Crippen LogP contribution in [0.3, 0.4) is 0 Å². The third-order valence-corrected chi connectivity index (χ3v) is 1.04. The molecule has 0 aromatic carbocycles. The highest BCUT2D eigenvalue weighted by atomic mass is 16.6. The van der Waals surface area contributed by atoms with Gasteiger partial charge in [0.15, 0.2) is 0 Å². The van der Waals surface area contributed by atoms with Gasteiger partial charge >= 0.3 is 0 Å². The average Bonchev–Trinajstić information content (AvgIpc) is 1.81. The molecule has 0 bridgehead atoms. The second-order valence-corrected chi connectivity index (χ2v) is 2.88. The van der Waals surface area contributed by atoms with Gasteiger partial charge in [0, 0.05) is 13.0 Å². The van der Waals surface area contributed by atoms with E-state index in [1.165, 1.54) is 0 Å². The minimum Gasteiger partial charge on any atom is -0.353 e. The second kappa shape index (κ2) is 4.49. The summed E-state index contributed by atoms with van der Waals surface area (Å²) in [6.45, 7) is 9.26. The van der Waals surface area contributed by atoms with Gasteiger partial charge in [-0.1, -0.05) is 6.08 Å². The number of hydrogen-bond donors (Lipinski definition) is 2. The first kappa shape index (κ1) is 10.6. The largest absolute Gasteiger partial charge is 0.353 e. The van der Waals surface area contributed by atoms with Crippen LogP contribution >= 0.6 is 0 Å². The molecule has 66 valence electrons. The first-order valence-electron chi connectivity index (χ1n) is 3.73. The van der Waals surface area contributed by atoms with Crippen molar-refractivity contribution in [3.05, 3.63) is 12.7 Å². The standard InChI is InChI=1S/C8H17NO2/c1-5-6-11-8(4,10)9-7(2)3/h5,7,9-10H,1,6H2,2-4H3. The third kappa shape index (κ3) is 6.04. The first-order valence-corrected chi connectivity index (χ1v) is 3.73. The summed E-state index contributed by atoms with van der Waals surface area (Å²) in [5, 5.41) is 12.3. The van der Waals surface area contributed by atoms with Gasteiger partial charge in [-0.15, -0.1) is 6.58 Å². The summed E-state index contributed by atoms with van der Waals surface area (Å²) in [6, 6.07) is 0.190. The molecule has 0 aliphatic heterocycles. The maximum atomic E-state index is 9.43. The lowest BCUT2D eigenvalue weighted by atomic mass is 10.3. The Morgan fingerprint density at radius 3 is 2.64 bits per heavy atom. The highest BCUT2D eigenvalue weighted by Gasteiger charge is 2.20. The van der Waals surface area contributed by atoms with E-state index in [0.29, 0.717) is 6.61 Å². The molecule has 0 saturated heterocycles. The molecule has 0 radical (unpaired) electrons. The van der Waals surface area contributed by atoms with Crippen molar-refractivity contribution < 1.29 is 9.84 Å². The molecule has 0 spiro atoms. The summed E-state index contributed by atoms with van der Waals surface area (Å²) >= 11 is 0. The molecule has 0 amide bonds. The van der Waals surface area contributed by atoms with Gasteiger partial charge in [-0.3, -0.25) is 5.32 Å². The van der Waals surface area contributed by atoms with Crippen LogP contribution in [-0.4, -0.2) is 23.7 Å². The first-order chi connectivity index (χ1) is 4.98. The van der Waals surface area contributed by atoms with Crippen LogP contribution in [0.25, 0.3) is 0 Å². The monoisotopic (exact) mass is 159 g/mol. The van der Waals surface area contributed by atoms with E-state index in [1.807, 2.05) is 13.8 Å². The highest BCUT2D eigenvalue weighted by Crippen LogP contribution is 2.01. The smallest absolute Gasteiger partial charge is 0.222 e. The summed E-state index contributed by atoms with van der Waals surface area (Å²) in [5.74, 6) is -1.25. The molecule has 0 saturated carbocycles. The van der Waals surface area contributed by atoms with E-state index in [9.17, 15) is 5.11 Å². The summed E-state index contributed by atoms with van der Waals surface area (Å²) < 4.78 is 5.02. The fourth-order valence-corrected chi connectivity index (χ4v) is 0.798. The molecule has 0 fully saturated rings. The molecule has 1 unspecified atom stereocenters. The van der Waals surface area contributed by atoms with Crippen LogP contribution < -0.4 is 5.32 Å². The van der Waals surface area contributed by atoms with Crippen LogP contribution in [0, 0.1) is 0 Å². The van der Waals surface area contributed by atoms with Gasteiger partial charge in [0.2, 0.25) is 5.91 Å². The summed E-state index contributed by atoms with van der Waals surface area (Å²) in [7, 11) is 0. The zero-order valence-corrected chi connectivity index (χ0v) is 7.42. The SMILES string of the molecule is C=CCOC(C)(O)NC(C)C. The van der Waals surface area contributed by atoms with Crippen molar-refractivity contribution in [3.8, 4) is 0 Å². The summed E-state index contributed by atoms with van der Waals surface area (Å²) in [4.78, 5) is 0. The van der Waals surface area contributed by atoms with Gasteiger partial charge in [0.25, 0.3) is 0 Å². The van der Waals surface area contributed by atoms with Crippen LogP contribution in [0.5, 0.6) is 0 Å². The number of aliphatic hydroxyl groups is 1. The van der Waals surface area contributed by atoms with E-state index >= 15 is 0 Å². The summed E-state index contributed by atoms with van der Waals surface area (Å²) in [6.07, 6.45) is 1.59. The Morgan fingerprint density at radius 1 is 1.73 bits per heavy atom. The van der Waals surface area contributed by atoms with Gasteiger partial charge in [-0.05, 0) is 13.8 Å². The zero-order valence-electron chi connectivity index (χ0n) is 7.42. The van der Waals surface area contributed by atoms with Crippen LogP contribution in [0.15, 0.2) is 12.7 Å². The molecule has 1 atom stereocenters. The number of rotatable bonds is 5. The highest BCUT2D eigenvalue weighted by molar-refractivity contribution is 4.68. The van der Waals surface area contributed by atoms with Crippen LogP contribution in [-0.2, 0) is 4.74 Å². The minimum absolute atomic E-state index is 0.190. The van der Waals surface area contributed by atoms with Gasteiger partial charge in [-0.25, -0.2) is 0 Å². The second-order valence-electron chi connectivity index (χ2n) is 2.88. The normalized spacial score (nSPS) is 16.5. The van der Waals surface area contributed by atoms with E-state index in [1.54, 1.807) is 13.0 Å². The average molecular weight is 159 g/mol. The van der Waals surface area contributed by atoms with Crippen molar-refractivity contribution in [2.24, 2.45) is 0 Å². The predicted molar refractivity (Wildman–Crippen MR) is 45.0 cm³/mol. The lowest BCUT2D eigenvalue weighted by Gasteiger charge is -2.26. The summed E-state index contributed by atoms with van der Waals surface area (Å²) in [5.41, 5.74) is 0. The van der Waals surface area contributed by atoms with E-state index < -0.39 is 5.91 Å². The predicted octanol–water partition coefficient (Wildman–Crippen LogP) is 0.853. The van der Waals surface area contributed by atoms with Gasteiger partial charge in [0.1, 0.15) is 0 Å². The molecule has 0 aliphatic rings. The molecule has 0 aliphatic carbocycles. The lowest BCUT2D eigenvalue weighted by molar-refractivity contribution is -0.208. The van der Waals surface area contributed by atoms with Crippen LogP contribution in [0.2, 0.25) is 0 Å². The lowest BCUT2D eigenvalue weighted by Crippen LogP contribution is -2.48. The van der Waals surface area contributed by atoms with E-state index in [4.69, 9.17) is 4.74 Å². The van der Waals surface area contributed by atoms with Crippen molar-refractivity contribution in [1.82, 2.24) is 5.32 Å². The molecule has 3 nitrogen and oxygen atoms in total. The van der Waals surface area contributed by atoms with E-state index in [2.05, 4.69) is 11.9 Å². The molecule has 2 N–H and O–H groups in total. The van der Waals surface area contributed by atoms with E-state index in [-0.39, 0.29) is 6.04 Å². The molecule has 0 heterocycles. The topological polar surface area (TPSA) is 41.5 Å². The van der Waals surface area contributed by atoms with Gasteiger partial charge in [-0.2, -0.15) is 0 Å². The Hall–Kier alpha value is -0.380. The third-order valence-electron chi connectivity index (χ3n) is 1.04. The maximum Gasteiger partial charge on any atom is 0.222 e. The van der Waals surface area contributed by atoms with Crippen molar-refractivity contribution in [2.75, 3.05) is 6.61 Å². The molecular weight excluding hydrogens is 142 g/mol. The van der Waals surface area contributed by atoms with Crippen molar-refractivity contribution in [2.45, 2.75) is 32.7 Å². The molecule has 0 rings (SSSR count). The Kier molecular flexibility index (Phi) is 4.33. The molecule has 3 heteroatoms. The minimum atomic E-state index is -1.25.